The maximum atomic E-state index is 12.9. The molecule has 0 aromatic heterocycles. The number of hydrogen-bond acceptors (Lipinski definition) is 8. The molecule has 57 heavy (non-hydrogen) atoms. The molecule has 12 nitrogen and oxygen atoms in total. The minimum atomic E-state index is -0.689. The van der Waals surface area contributed by atoms with Gasteiger partial charge in [-0.25, -0.2) is 0 Å². The highest BCUT2D eigenvalue weighted by atomic mass is 16.5. The van der Waals surface area contributed by atoms with E-state index in [2.05, 4.69) is 29.7 Å². The van der Waals surface area contributed by atoms with Crippen molar-refractivity contribution in [3.63, 3.8) is 0 Å². The van der Waals surface area contributed by atoms with Crippen LogP contribution < -0.4 is 15.4 Å². The molecule has 3 N–H and O–H groups in total. The van der Waals surface area contributed by atoms with Gasteiger partial charge in [-0.15, -0.1) is 0 Å². The molecular weight excluding hydrogens is 725 g/mol. The first kappa shape index (κ1) is 40.4. The summed E-state index contributed by atoms with van der Waals surface area (Å²) in [5, 5.41) is 15.0. The van der Waals surface area contributed by atoms with Gasteiger partial charge in [0.15, 0.2) is 0 Å². The van der Waals surface area contributed by atoms with Crippen molar-refractivity contribution in [1.29, 1.82) is 0 Å². The summed E-state index contributed by atoms with van der Waals surface area (Å²) < 4.78 is 11.6. The van der Waals surface area contributed by atoms with E-state index in [0.717, 1.165) is 39.8 Å². The van der Waals surface area contributed by atoms with Crippen molar-refractivity contribution < 1.29 is 38.6 Å². The van der Waals surface area contributed by atoms with Crippen molar-refractivity contribution >= 4 is 40.7 Å². The van der Waals surface area contributed by atoms with E-state index in [0.29, 0.717) is 24.5 Å². The van der Waals surface area contributed by atoms with E-state index >= 15 is 0 Å². The summed E-state index contributed by atoms with van der Waals surface area (Å²) in [6.07, 6.45) is 1.60. The Balaban J connectivity index is 0.889. The summed E-state index contributed by atoms with van der Waals surface area (Å²) in [6, 6.07) is 30.0. The van der Waals surface area contributed by atoms with E-state index in [1.54, 1.807) is 42.3 Å². The fourth-order valence-corrected chi connectivity index (χ4v) is 7.15. The Bertz CT molecular complexity index is 2120. The number of carbonyl (C=O) groups is 5. The number of allylic oxidation sites excluding steroid dienone is 1. The first-order valence-electron chi connectivity index (χ1n) is 19.3. The first-order chi connectivity index (χ1) is 27.6. The molecule has 1 fully saturated rings. The molecule has 0 saturated carbocycles. The lowest BCUT2D eigenvalue weighted by Crippen LogP contribution is -2.52. The fourth-order valence-electron chi connectivity index (χ4n) is 7.15. The number of hydrogen-bond donors (Lipinski definition) is 3. The molecule has 4 aromatic carbocycles. The van der Waals surface area contributed by atoms with Crippen molar-refractivity contribution in [2.75, 3.05) is 40.0 Å². The summed E-state index contributed by atoms with van der Waals surface area (Å²) in [6.45, 7) is 3.84. The van der Waals surface area contributed by atoms with Crippen molar-refractivity contribution in [3.05, 3.63) is 130 Å². The van der Waals surface area contributed by atoms with Crippen molar-refractivity contribution in [2.24, 2.45) is 0 Å². The lowest BCUT2D eigenvalue weighted by molar-refractivity contribution is -0.137. The number of amides is 5. The number of piperidine rings is 1. The second-order valence-corrected chi connectivity index (χ2v) is 14.1. The Hall–Kier alpha value is -6.27. The first-order valence-corrected chi connectivity index (χ1v) is 19.3. The van der Waals surface area contributed by atoms with Crippen LogP contribution in [-0.2, 0) is 36.9 Å². The molecule has 4 aromatic rings. The van der Waals surface area contributed by atoms with Crippen LogP contribution in [0.1, 0.15) is 70.8 Å². The predicted octanol–water partition coefficient (Wildman–Crippen LogP) is 5.13. The van der Waals surface area contributed by atoms with E-state index < -0.39 is 11.9 Å². The van der Waals surface area contributed by atoms with E-state index in [4.69, 9.17) is 9.47 Å². The number of fused-ring (bicyclic) bond motifs is 1. The number of benzene rings is 4. The highest BCUT2D eigenvalue weighted by Gasteiger charge is 2.39. The smallest absolute Gasteiger partial charge is 0.255 e. The van der Waals surface area contributed by atoms with Crippen molar-refractivity contribution in [2.45, 2.75) is 51.6 Å². The van der Waals surface area contributed by atoms with E-state index in [-0.39, 0.29) is 81.4 Å². The topological polar surface area (TPSA) is 155 Å². The molecular formula is C45H48N4O8. The number of carbonyl (C=O) groups excluding carboxylic acids is 5. The Kier molecular flexibility index (Phi) is 13.5. The van der Waals surface area contributed by atoms with Gasteiger partial charge in [-0.05, 0) is 82.1 Å². The number of phenolic OH excluding ortho intramolecular Hbond substituents is 1. The molecule has 5 amide bonds. The monoisotopic (exact) mass is 772 g/mol. The van der Waals surface area contributed by atoms with Crippen LogP contribution in [0.5, 0.6) is 11.5 Å². The maximum Gasteiger partial charge on any atom is 0.255 e. The van der Waals surface area contributed by atoms with E-state index in [1.165, 1.54) is 10.5 Å². The average molecular weight is 773 g/mol. The summed E-state index contributed by atoms with van der Waals surface area (Å²) in [7, 11) is 1.72. The minimum absolute atomic E-state index is 0.0825. The molecule has 0 aliphatic carbocycles. The molecule has 6 rings (SSSR count). The van der Waals surface area contributed by atoms with Gasteiger partial charge in [-0.1, -0.05) is 73.7 Å². The highest BCUT2D eigenvalue weighted by molar-refractivity contribution is 6.05. The third-order valence-corrected chi connectivity index (χ3v) is 10.2. The quantitative estimate of drug-likeness (QED) is 0.0759. The lowest BCUT2D eigenvalue weighted by Gasteiger charge is -2.29. The number of nitrogens with one attached hydrogen (secondary N) is 2. The van der Waals surface area contributed by atoms with Crippen molar-refractivity contribution in [1.82, 2.24) is 20.4 Å². The number of phenols is 1. The van der Waals surface area contributed by atoms with Crippen LogP contribution in [0.3, 0.4) is 0 Å². The van der Waals surface area contributed by atoms with E-state index in [1.807, 2.05) is 54.6 Å². The zero-order chi connectivity index (χ0) is 40.3. The number of imide groups is 1. The summed E-state index contributed by atoms with van der Waals surface area (Å²) in [5.41, 5.74) is 7.43. The lowest BCUT2D eigenvalue weighted by atomic mass is 9.88. The Morgan fingerprint density at radius 2 is 1.61 bits per heavy atom. The molecule has 1 saturated heterocycles. The molecule has 2 aliphatic heterocycles. The predicted molar refractivity (Wildman–Crippen MR) is 215 cm³/mol. The fraction of sp³-hybridized carbons (Fsp3) is 0.311. The van der Waals surface area contributed by atoms with E-state index in [9.17, 15) is 29.1 Å². The molecule has 2 heterocycles. The van der Waals surface area contributed by atoms with Gasteiger partial charge in [-0.2, -0.15) is 0 Å². The molecule has 1 unspecified atom stereocenters. The molecule has 0 spiro atoms. The van der Waals surface area contributed by atoms with Crippen LogP contribution in [0.15, 0.2) is 97.1 Å². The molecule has 0 radical (unpaired) electrons. The van der Waals surface area contributed by atoms with Crippen LogP contribution in [0.4, 0.5) is 0 Å². The number of aromatic hydroxyl groups is 1. The van der Waals surface area contributed by atoms with Crippen molar-refractivity contribution in [3.8, 4) is 11.5 Å². The molecule has 12 heteroatoms. The van der Waals surface area contributed by atoms with Gasteiger partial charge in [0.1, 0.15) is 24.1 Å². The number of likely N-dealkylation sites (N-methyl/N-ethyl adjacent to an activating group) is 1. The zero-order valence-electron chi connectivity index (χ0n) is 32.3. The standard InChI is InChI=1S/C45H48N4O8/c1-3-37(31-7-5-4-6-8-31)43(32-10-14-35(50)15-11-32)33-12-16-36(17-13-33)57-26-23-48(2)42(53)21-24-56-25-22-46-41(52)28-30-9-18-38-34(27-30)29-49(45(38)55)39-19-20-40(51)47-44(39)54/h4-18,27,39,50H,3,19-26,28-29H2,1-2H3,(H,46,52)(H,47,51,54)/b43-37-. The molecule has 296 valence electrons. The normalized spacial score (nSPS) is 15.4. The van der Waals surface area contributed by atoms with Crippen LogP contribution >= 0.6 is 0 Å². The Morgan fingerprint density at radius 3 is 2.32 bits per heavy atom. The van der Waals surface area contributed by atoms with Crippen LogP contribution in [0.2, 0.25) is 0 Å². The number of nitrogens with zero attached hydrogens (tertiary/aromatic N) is 2. The van der Waals surface area contributed by atoms with Gasteiger partial charge in [-0.3, -0.25) is 29.3 Å². The minimum Gasteiger partial charge on any atom is -0.508 e. The molecule has 0 bridgehead atoms. The van der Waals surface area contributed by atoms with Gasteiger partial charge >= 0.3 is 0 Å². The maximum absolute atomic E-state index is 12.9. The number of ether oxygens (including phenoxy) is 2. The van der Waals surface area contributed by atoms with Gasteiger partial charge in [0.05, 0.1) is 32.6 Å². The summed E-state index contributed by atoms with van der Waals surface area (Å²) in [5.74, 6) is -0.438. The summed E-state index contributed by atoms with van der Waals surface area (Å²) in [4.78, 5) is 65.1. The Labute approximate surface area is 332 Å². The second kappa shape index (κ2) is 19.1. The second-order valence-electron chi connectivity index (χ2n) is 14.1. The van der Waals surface area contributed by atoms with Gasteiger partial charge in [0.2, 0.25) is 23.6 Å². The third-order valence-electron chi connectivity index (χ3n) is 10.2. The van der Waals surface area contributed by atoms with Crippen LogP contribution in [-0.4, -0.2) is 90.4 Å². The molecule has 1 atom stereocenters. The largest absolute Gasteiger partial charge is 0.508 e. The van der Waals surface area contributed by atoms with Crippen LogP contribution in [0, 0.1) is 0 Å². The number of rotatable bonds is 17. The average Bonchev–Trinajstić information content (AvgIpc) is 3.53. The van der Waals surface area contributed by atoms with Gasteiger partial charge in [0.25, 0.3) is 5.91 Å². The third kappa shape index (κ3) is 10.3. The zero-order valence-corrected chi connectivity index (χ0v) is 32.3. The SMILES string of the molecule is CC/C(=C(\c1ccc(O)cc1)c1ccc(OCCN(C)C(=O)CCOCCNC(=O)Cc2ccc3c(c2)CN(C2CCC(=O)NC2=O)C3=O)cc1)c1ccccc1. The highest BCUT2D eigenvalue weighted by Crippen LogP contribution is 2.35. The Morgan fingerprint density at radius 1 is 0.895 bits per heavy atom. The summed E-state index contributed by atoms with van der Waals surface area (Å²) >= 11 is 0. The van der Waals surface area contributed by atoms with Crippen LogP contribution in [0.25, 0.3) is 11.1 Å². The van der Waals surface area contributed by atoms with Gasteiger partial charge in [0, 0.05) is 32.1 Å². The van der Waals surface area contributed by atoms with Gasteiger partial charge < -0.3 is 29.7 Å². The molecule has 2 aliphatic rings.